The zero-order valence-electron chi connectivity index (χ0n) is 14.7. The van der Waals surface area contributed by atoms with Crippen LogP contribution in [0.5, 0.6) is 0 Å². The molecule has 124 valence electrons. The lowest BCUT2D eigenvalue weighted by atomic mass is 9.96. The van der Waals surface area contributed by atoms with Gasteiger partial charge in [-0.15, -0.1) is 0 Å². The number of hydrogen-bond acceptors (Lipinski definition) is 3. The van der Waals surface area contributed by atoms with Gasteiger partial charge in [-0.25, -0.2) is 4.98 Å². The predicted octanol–water partition coefficient (Wildman–Crippen LogP) is 4.18. The summed E-state index contributed by atoms with van der Waals surface area (Å²) < 4.78 is 1.85. The molecule has 0 amide bonds. The Hall–Kier alpha value is -2.36. The second-order valence-electron chi connectivity index (χ2n) is 7.07. The zero-order chi connectivity index (χ0) is 16.7. The number of hydrogen-bond donors (Lipinski definition) is 0. The van der Waals surface area contributed by atoms with Crippen molar-refractivity contribution in [3.8, 4) is 11.1 Å². The SMILES string of the molecule is Cc1cccc2c(N3CCC(C)CC3)ncc(-c3cnn(C)c3)c12. The van der Waals surface area contributed by atoms with Gasteiger partial charge in [0.2, 0.25) is 0 Å². The van der Waals surface area contributed by atoms with Gasteiger partial charge in [-0.05, 0) is 36.6 Å². The van der Waals surface area contributed by atoms with E-state index in [1.807, 2.05) is 24.1 Å². The average Bonchev–Trinajstić information content (AvgIpc) is 3.01. The second kappa shape index (κ2) is 5.93. The highest BCUT2D eigenvalue weighted by molar-refractivity contribution is 6.03. The van der Waals surface area contributed by atoms with E-state index >= 15 is 0 Å². The number of fused-ring (bicyclic) bond motifs is 1. The Balaban J connectivity index is 1.88. The third kappa shape index (κ3) is 2.56. The lowest BCUT2D eigenvalue weighted by Gasteiger charge is -2.32. The Morgan fingerprint density at radius 2 is 1.92 bits per heavy atom. The molecule has 0 spiro atoms. The van der Waals surface area contributed by atoms with Gasteiger partial charge in [-0.2, -0.15) is 5.10 Å². The van der Waals surface area contributed by atoms with E-state index < -0.39 is 0 Å². The molecule has 1 aliphatic heterocycles. The average molecular weight is 320 g/mol. The van der Waals surface area contributed by atoms with E-state index in [4.69, 9.17) is 4.98 Å². The highest BCUT2D eigenvalue weighted by Crippen LogP contribution is 2.36. The zero-order valence-corrected chi connectivity index (χ0v) is 14.7. The first-order valence-electron chi connectivity index (χ1n) is 8.76. The van der Waals surface area contributed by atoms with E-state index in [2.05, 4.69) is 48.2 Å². The molecule has 1 saturated heterocycles. The van der Waals surface area contributed by atoms with Crippen LogP contribution in [0, 0.1) is 12.8 Å². The number of rotatable bonds is 2. The molecule has 24 heavy (non-hydrogen) atoms. The third-order valence-electron chi connectivity index (χ3n) is 5.20. The summed E-state index contributed by atoms with van der Waals surface area (Å²) in [6.45, 7) is 6.73. The molecule has 4 heteroatoms. The molecule has 0 atom stereocenters. The minimum atomic E-state index is 0.823. The van der Waals surface area contributed by atoms with Crippen molar-refractivity contribution in [1.82, 2.24) is 14.8 Å². The maximum absolute atomic E-state index is 4.87. The summed E-state index contributed by atoms with van der Waals surface area (Å²) in [4.78, 5) is 7.32. The standard InChI is InChI=1S/C20H24N4/c1-14-7-9-24(10-8-14)20-17-6-4-5-15(2)19(17)18(12-21-20)16-11-22-23(3)13-16/h4-6,11-14H,7-10H2,1-3H3. The van der Waals surface area contributed by atoms with Gasteiger partial charge in [0.05, 0.1) is 6.20 Å². The summed E-state index contributed by atoms with van der Waals surface area (Å²) in [7, 11) is 1.95. The van der Waals surface area contributed by atoms with E-state index in [-0.39, 0.29) is 0 Å². The van der Waals surface area contributed by atoms with Crippen LogP contribution in [0.1, 0.15) is 25.3 Å². The fourth-order valence-electron chi connectivity index (χ4n) is 3.72. The summed E-state index contributed by atoms with van der Waals surface area (Å²) in [5.74, 6) is 1.96. The molecule has 0 N–H and O–H groups in total. The van der Waals surface area contributed by atoms with Crippen molar-refractivity contribution in [2.45, 2.75) is 26.7 Å². The largest absolute Gasteiger partial charge is 0.356 e. The first kappa shape index (κ1) is 15.2. The van der Waals surface area contributed by atoms with Gasteiger partial charge in [-0.3, -0.25) is 4.68 Å². The van der Waals surface area contributed by atoms with Gasteiger partial charge in [0.1, 0.15) is 5.82 Å². The molecule has 1 aliphatic rings. The molecule has 0 aliphatic carbocycles. The van der Waals surface area contributed by atoms with Crippen LogP contribution in [0.15, 0.2) is 36.8 Å². The summed E-state index contributed by atoms with van der Waals surface area (Å²) in [5.41, 5.74) is 3.59. The highest BCUT2D eigenvalue weighted by Gasteiger charge is 2.20. The number of nitrogens with zero attached hydrogens (tertiary/aromatic N) is 4. The lowest BCUT2D eigenvalue weighted by Crippen LogP contribution is -2.33. The fraction of sp³-hybridized carbons (Fsp3) is 0.400. The first-order chi connectivity index (χ1) is 11.6. The van der Waals surface area contributed by atoms with E-state index in [1.165, 1.54) is 34.7 Å². The molecule has 0 radical (unpaired) electrons. The van der Waals surface area contributed by atoms with Crippen LogP contribution in [0.25, 0.3) is 21.9 Å². The van der Waals surface area contributed by atoms with Crippen molar-refractivity contribution in [3.63, 3.8) is 0 Å². The quantitative estimate of drug-likeness (QED) is 0.710. The topological polar surface area (TPSA) is 34.0 Å². The molecule has 0 bridgehead atoms. The predicted molar refractivity (Wildman–Crippen MR) is 99.3 cm³/mol. The lowest BCUT2D eigenvalue weighted by molar-refractivity contribution is 0.437. The summed E-state index contributed by atoms with van der Waals surface area (Å²) in [6, 6.07) is 6.54. The Morgan fingerprint density at radius 3 is 2.62 bits per heavy atom. The number of anilines is 1. The van der Waals surface area contributed by atoms with Gasteiger partial charge >= 0.3 is 0 Å². The first-order valence-corrected chi connectivity index (χ1v) is 8.76. The molecule has 4 nitrogen and oxygen atoms in total. The van der Waals surface area contributed by atoms with E-state index in [0.717, 1.165) is 30.4 Å². The van der Waals surface area contributed by atoms with Gasteiger partial charge in [0.15, 0.2) is 0 Å². The van der Waals surface area contributed by atoms with Crippen LogP contribution < -0.4 is 4.90 Å². The molecular weight excluding hydrogens is 296 g/mol. The van der Waals surface area contributed by atoms with Gasteiger partial charge in [0.25, 0.3) is 0 Å². The van der Waals surface area contributed by atoms with E-state index in [9.17, 15) is 0 Å². The number of pyridine rings is 1. The Kier molecular flexibility index (Phi) is 3.75. The molecular formula is C20H24N4. The molecule has 1 aromatic carbocycles. The molecule has 1 fully saturated rings. The molecule has 0 saturated carbocycles. The van der Waals surface area contributed by atoms with E-state index in [0.29, 0.717) is 0 Å². The third-order valence-corrected chi connectivity index (χ3v) is 5.20. The smallest absolute Gasteiger partial charge is 0.136 e. The number of piperidine rings is 1. The minimum Gasteiger partial charge on any atom is -0.356 e. The molecule has 3 heterocycles. The van der Waals surface area contributed by atoms with Crippen molar-refractivity contribution in [2.75, 3.05) is 18.0 Å². The monoisotopic (exact) mass is 320 g/mol. The van der Waals surface area contributed by atoms with Crippen LogP contribution in [-0.2, 0) is 7.05 Å². The second-order valence-corrected chi connectivity index (χ2v) is 7.07. The molecule has 3 aromatic rings. The van der Waals surface area contributed by atoms with Crippen LogP contribution >= 0.6 is 0 Å². The van der Waals surface area contributed by atoms with Crippen molar-refractivity contribution in [2.24, 2.45) is 13.0 Å². The Labute approximate surface area is 143 Å². The van der Waals surface area contributed by atoms with Crippen molar-refractivity contribution in [1.29, 1.82) is 0 Å². The summed E-state index contributed by atoms with van der Waals surface area (Å²) in [6.07, 6.45) is 8.51. The Bertz CT molecular complexity index is 872. The normalized spacial score (nSPS) is 16.0. The number of aryl methyl sites for hydroxylation is 2. The van der Waals surface area contributed by atoms with Crippen LogP contribution in [-0.4, -0.2) is 27.9 Å². The number of benzene rings is 1. The molecule has 0 unspecified atom stereocenters. The molecule has 4 rings (SSSR count). The Morgan fingerprint density at radius 1 is 1.12 bits per heavy atom. The van der Waals surface area contributed by atoms with Crippen molar-refractivity contribution >= 4 is 16.6 Å². The van der Waals surface area contributed by atoms with E-state index in [1.54, 1.807) is 0 Å². The summed E-state index contributed by atoms with van der Waals surface area (Å²) in [5, 5.41) is 6.88. The van der Waals surface area contributed by atoms with Crippen molar-refractivity contribution < 1.29 is 0 Å². The summed E-state index contributed by atoms with van der Waals surface area (Å²) >= 11 is 0. The fourth-order valence-corrected chi connectivity index (χ4v) is 3.72. The minimum absolute atomic E-state index is 0.823. The number of aromatic nitrogens is 3. The van der Waals surface area contributed by atoms with Gasteiger partial charge < -0.3 is 4.90 Å². The molecule has 2 aromatic heterocycles. The maximum atomic E-state index is 4.87. The van der Waals surface area contributed by atoms with Crippen molar-refractivity contribution in [3.05, 3.63) is 42.4 Å². The van der Waals surface area contributed by atoms with Gasteiger partial charge in [-0.1, -0.05) is 25.1 Å². The van der Waals surface area contributed by atoms with Crippen LogP contribution in [0.4, 0.5) is 5.82 Å². The highest BCUT2D eigenvalue weighted by atomic mass is 15.2. The maximum Gasteiger partial charge on any atom is 0.136 e. The van der Waals surface area contributed by atoms with Crippen LogP contribution in [0.3, 0.4) is 0 Å². The van der Waals surface area contributed by atoms with Gasteiger partial charge in [0, 0.05) is 49.0 Å². The van der Waals surface area contributed by atoms with Crippen LogP contribution in [0.2, 0.25) is 0 Å².